The smallest absolute Gasteiger partial charge is 0.353 e. The molecule has 204 valence electrons. The topological polar surface area (TPSA) is 224 Å². The van der Waals surface area contributed by atoms with Crippen molar-refractivity contribution in [3.8, 4) is 0 Å². The fourth-order valence-corrected chi connectivity index (χ4v) is 5.58. The maximum Gasteiger partial charge on any atom is 0.353 e. The van der Waals surface area contributed by atoms with E-state index in [1.54, 1.807) is 0 Å². The van der Waals surface area contributed by atoms with Crippen LogP contribution in [0, 0.1) is 5.41 Å². The number of hydrogen-bond donors (Lipinski definition) is 6. The third-order valence-corrected chi connectivity index (χ3v) is 7.46. The summed E-state index contributed by atoms with van der Waals surface area (Å²) < 4.78 is 16.3. The Hall–Kier alpha value is -3.84. The molecule has 4 heterocycles. The van der Waals surface area contributed by atoms with E-state index in [-0.39, 0.29) is 29.0 Å². The summed E-state index contributed by atoms with van der Waals surface area (Å²) in [5.41, 5.74) is 7.82. The summed E-state index contributed by atoms with van der Waals surface area (Å²) in [6.07, 6.45) is 1.31. The van der Waals surface area contributed by atoms with Crippen molar-refractivity contribution in [2.24, 2.45) is 10.3 Å². The number of nitrogens with two attached hydrogens (primary N) is 1. The van der Waals surface area contributed by atoms with Crippen molar-refractivity contribution >= 4 is 64.0 Å². The predicted octanol–water partition coefficient (Wildman–Crippen LogP) is -2.04. The minimum atomic E-state index is -1.33. The van der Waals surface area contributed by atoms with Crippen molar-refractivity contribution in [2.75, 3.05) is 51.1 Å². The lowest BCUT2D eigenvalue weighted by Crippen LogP contribution is -2.71. The van der Waals surface area contributed by atoms with Crippen LogP contribution in [0.15, 0.2) is 21.5 Å². The highest BCUT2D eigenvalue weighted by atomic mass is 32.2. The van der Waals surface area contributed by atoms with Crippen molar-refractivity contribution in [3.63, 3.8) is 0 Å². The van der Waals surface area contributed by atoms with Crippen molar-refractivity contribution in [1.29, 1.82) is 5.41 Å². The van der Waals surface area contributed by atoms with Crippen LogP contribution in [0.2, 0.25) is 0 Å². The number of amidine groups is 1. The SMILES string of the molecule is N=C(CN/N=C/C1=C(C(=O)O)N2C(=O)C(NC(=O)/C(=N/OCF)c3nsc(N)n3)C2SC1)N1CCNCC1. The van der Waals surface area contributed by atoms with Crippen LogP contribution < -0.4 is 21.8 Å². The molecule has 7 N–H and O–H groups in total. The van der Waals surface area contributed by atoms with Gasteiger partial charge in [-0.3, -0.25) is 19.9 Å². The van der Waals surface area contributed by atoms with Gasteiger partial charge in [0.1, 0.15) is 22.9 Å². The van der Waals surface area contributed by atoms with Crippen molar-refractivity contribution in [1.82, 2.24) is 35.2 Å². The first-order valence-electron chi connectivity index (χ1n) is 11.2. The normalized spacial score (nSPS) is 21.7. The molecule has 2 amide bonds. The van der Waals surface area contributed by atoms with Gasteiger partial charge in [0.25, 0.3) is 18.7 Å². The number of anilines is 1. The Bertz CT molecular complexity index is 1200. The first-order chi connectivity index (χ1) is 18.3. The van der Waals surface area contributed by atoms with Gasteiger partial charge in [0, 0.05) is 49.0 Å². The Morgan fingerprint density at radius 1 is 1.39 bits per heavy atom. The number of piperazine rings is 1. The molecule has 19 heteroatoms. The Kier molecular flexibility index (Phi) is 8.69. The molecule has 0 spiro atoms. The van der Waals surface area contributed by atoms with Crippen LogP contribution in [-0.4, -0.2) is 117 Å². The van der Waals surface area contributed by atoms with Gasteiger partial charge < -0.3 is 36.6 Å². The van der Waals surface area contributed by atoms with Gasteiger partial charge in [0.05, 0.1) is 12.8 Å². The van der Waals surface area contributed by atoms with E-state index in [0.29, 0.717) is 11.4 Å². The molecular formula is C19H24FN11O5S2. The molecule has 1 aromatic heterocycles. The molecule has 3 aliphatic rings. The predicted molar refractivity (Wildman–Crippen MR) is 136 cm³/mol. The molecule has 2 atom stereocenters. The van der Waals surface area contributed by atoms with Crippen LogP contribution in [-0.2, 0) is 19.2 Å². The largest absolute Gasteiger partial charge is 0.477 e. The molecule has 16 nitrogen and oxygen atoms in total. The molecule has 0 radical (unpaired) electrons. The Morgan fingerprint density at radius 2 is 2.16 bits per heavy atom. The molecule has 38 heavy (non-hydrogen) atoms. The number of alkyl halides is 1. The summed E-state index contributed by atoms with van der Waals surface area (Å²) in [6, 6.07) is -1.08. The number of oxime groups is 1. The van der Waals surface area contributed by atoms with Crippen LogP contribution in [0.25, 0.3) is 0 Å². The maximum absolute atomic E-state index is 12.9. The summed E-state index contributed by atoms with van der Waals surface area (Å²) >= 11 is 2.01. The van der Waals surface area contributed by atoms with Gasteiger partial charge in [-0.15, -0.1) is 11.8 Å². The van der Waals surface area contributed by atoms with Crippen LogP contribution in [0.1, 0.15) is 5.82 Å². The monoisotopic (exact) mass is 569 g/mol. The molecule has 2 saturated heterocycles. The van der Waals surface area contributed by atoms with Gasteiger partial charge >= 0.3 is 5.97 Å². The summed E-state index contributed by atoms with van der Waals surface area (Å²) in [5.74, 6) is -2.56. The van der Waals surface area contributed by atoms with E-state index in [2.05, 4.69) is 40.5 Å². The number of hydrogen-bond acceptors (Lipinski definition) is 14. The number of nitrogens with one attached hydrogen (secondary N) is 4. The zero-order chi connectivity index (χ0) is 27.2. The molecule has 2 fully saturated rings. The molecule has 0 bridgehead atoms. The summed E-state index contributed by atoms with van der Waals surface area (Å²) in [4.78, 5) is 48.8. The average Bonchev–Trinajstić information content (AvgIpc) is 3.35. The van der Waals surface area contributed by atoms with Gasteiger partial charge in [-0.2, -0.15) is 14.5 Å². The fraction of sp³-hybridized carbons (Fsp3) is 0.474. The Balaban J connectivity index is 1.41. The minimum Gasteiger partial charge on any atom is -0.477 e. The lowest BCUT2D eigenvalue weighted by molar-refractivity contribution is -0.150. The van der Waals surface area contributed by atoms with E-state index in [0.717, 1.165) is 42.6 Å². The summed E-state index contributed by atoms with van der Waals surface area (Å²) in [6.45, 7) is 1.87. The third-order valence-electron chi connectivity index (χ3n) is 5.62. The number of rotatable bonds is 10. The second-order valence-electron chi connectivity index (χ2n) is 7.95. The zero-order valence-electron chi connectivity index (χ0n) is 19.7. The van der Waals surface area contributed by atoms with Gasteiger partial charge in [0.15, 0.2) is 5.13 Å². The second-order valence-corrected chi connectivity index (χ2v) is 9.84. The van der Waals surface area contributed by atoms with Gasteiger partial charge in [0.2, 0.25) is 11.5 Å². The van der Waals surface area contributed by atoms with Crippen molar-refractivity contribution in [2.45, 2.75) is 11.4 Å². The van der Waals surface area contributed by atoms with Crippen molar-refractivity contribution in [3.05, 3.63) is 17.1 Å². The minimum absolute atomic E-state index is 0.0371. The molecule has 0 saturated carbocycles. The van der Waals surface area contributed by atoms with Gasteiger partial charge in [-0.25, -0.2) is 9.18 Å². The number of halogens is 1. The maximum atomic E-state index is 12.9. The number of hydrazone groups is 1. The van der Waals surface area contributed by atoms with Gasteiger partial charge in [-0.05, 0) is 0 Å². The number of carboxylic acid groups (broad SMARTS) is 1. The van der Waals surface area contributed by atoms with Crippen LogP contribution in [0.5, 0.6) is 0 Å². The second kappa shape index (κ2) is 12.1. The Morgan fingerprint density at radius 3 is 2.82 bits per heavy atom. The summed E-state index contributed by atoms with van der Waals surface area (Å²) in [5, 5.41) is 30.3. The lowest BCUT2D eigenvalue weighted by Gasteiger charge is -2.49. The number of nitrogens with zero attached hydrogens (tertiary/aromatic N) is 6. The highest BCUT2D eigenvalue weighted by Crippen LogP contribution is 2.39. The van der Waals surface area contributed by atoms with Crippen LogP contribution in [0.3, 0.4) is 0 Å². The van der Waals surface area contributed by atoms with Crippen LogP contribution >= 0.6 is 23.3 Å². The average molecular weight is 570 g/mol. The van der Waals surface area contributed by atoms with Gasteiger partial charge in [-0.1, -0.05) is 5.16 Å². The molecule has 2 unspecified atom stereocenters. The molecule has 1 aromatic rings. The molecule has 0 aliphatic carbocycles. The van der Waals surface area contributed by atoms with E-state index >= 15 is 0 Å². The quantitative estimate of drug-likeness (QED) is 0.0776. The number of β-lactam (4-membered cyclic amide) rings is 1. The Labute approximate surface area is 223 Å². The highest BCUT2D eigenvalue weighted by Gasteiger charge is 2.54. The number of carbonyl (C=O) groups excluding carboxylic acids is 2. The van der Waals surface area contributed by atoms with E-state index in [1.807, 2.05) is 4.90 Å². The van der Waals surface area contributed by atoms with Crippen molar-refractivity contribution < 1.29 is 28.7 Å². The number of carboxylic acids is 1. The number of aromatic nitrogens is 2. The first-order valence-corrected chi connectivity index (χ1v) is 13.0. The number of aliphatic carboxylic acids is 1. The molecule has 3 aliphatic heterocycles. The van der Waals surface area contributed by atoms with E-state index in [1.165, 1.54) is 18.0 Å². The van der Waals surface area contributed by atoms with E-state index in [4.69, 9.17) is 11.1 Å². The third kappa shape index (κ3) is 5.83. The summed E-state index contributed by atoms with van der Waals surface area (Å²) in [7, 11) is 0. The molecule has 0 aromatic carbocycles. The number of nitrogen functional groups attached to an aromatic ring is 1. The number of thioether (sulfide) groups is 1. The lowest BCUT2D eigenvalue weighted by atomic mass is 10.0. The van der Waals surface area contributed by atoms with E-state index < -0.39 is 41.8 Å². The van der Waals surface area contributed by atoms with E-state index in [9.17, 15) is 23.9 Å². The highest BCUT2D eigenvalue weighted by molar-refractivity contribution is 8.00. The zero-order valence-corrected chi connectivity index (χ0v) is 21.4. The standard InChI is InChI=1S/C19H24FN11O5S2/c20-8-36-28-11(14-27-19(22)38-29-14)15(32)26-12-16(33)31-13(18(34)35)9(7-37-17(12)31)5-24-25-6-10(21)30-3-1-23-2-4-30/h5,12,17,21,23,25H,1-4,6-8H2,(H,26,32)(H,34,35)(H2,22,27,29)/b21-10?,24-5+,28-11+. The fourth-order valence-electron chi connectivity index (χ4n) is 3.85. The number of fused-ring (bicyclic) bond motifs is 1. The van der Waals surface area contributed by atoms with Crippen LogP contribution in [0.4, 0.5) is 9.52 Å². The number of amides is 2. The first kappa shape index (κ1) is 27.2. The molecule has 4 rings (SSSR count). The molecular weight excluding hydrogens is 545 g/mol. The number of carbonyl (C=O) groups is 3.